The van der Waals surface area contributed by atoms with Crippen molar-refractivity contribution in [3.63, 3.8) is 0 Å². The van der Waals surface area contributed by atoms with Gasteiger partial charge < -0.3 is 24.4 Å². The van der Waals surface area contributed by atoms with Gasteiger partial charge in [0, 0.05) is 30.7 Å². The first kappa shape index (κ1) is 25.0. The molecular formula is C26H35ClO5. The first-order valence-electron chi connectivity index (χ1n) is 11.7. The van der Waals surface area contributed by atoms with Gasteiger partial charge in [0.2, 0.25) is 0 Å². The van der Waals surface area contributed by atoms with Crippen molar-refractivity contribution in [3.8, 4) is 5.75 Å². The number of hydrogen-bond donors (Lipinski definition) is 2. The van der Waals surface area contributed by atoms with Gasteiger partial charge in [0.1, 0.15) is 11.9 Å². The van der Waals surface area contributed by atoms with Crippen LogP contribution in [0.3, 0.4) is 0 Å². The number of aliphatic hydroxyl groups is 2. The summed E-state index contributed by atoms with van der Waals surface area (Å²) in [4.78, 5) is 0. The molecule has 0 radical (unpaired) electrons. The fourth-order valence-electron chi connectivity index (χ4n) is 4.14. The second-order valence-corrected chi connectivity index (χ2v) is 8.56. The molecule has 2 saturated heterocycles. The molecule has 0 bridgehead atoms. The fourth-order valence-corrected chi connectivity index (χ4v) is 4.33. The highest BCUT2D eigenvalue weighted by molar-refractivity contribution is 6.31. The molecule has 2 aliphatic rings. The smallest absolute Gasteiger partial charge is 0.119 e. The molecule has 2 heterocycles. The molecule has 2 aliphatic heterocycles. The molecule has 176 valence electrons. The molecule has 0 saturated carbocycles. The van der Waals surface area contributed by atoms with E-state index in [9.17, 15) is 10.2 Å². The minimum atomic E-state index is -0.469. The van der Waals surface area contributed by atoms with Crippen molar-refractivity contribution in [2.75, 3.05) is 19.8 Å². The Kier molecular flexibility index (Phi) is 9.82. The van der Waals surface area contributed by atoms with E-state index >= 15 is 0 Å². The Morgan fingerprint density at radius 2 is 1.75 bits per heavy atom. The second kappa shape index (κ2) is 12.6. The van der Waals surface area contributed by atoms with Crippen molar-refractivity contribution in [3.05, 3.63) is 64.2 Å². The number of hydrogen-bond acceptors (Lipinski definition) is 5. The van der Waals surface area contributed by atoms with Gasteiger partial charge in [-0.3, -0.25) is 0 Å². The molecule has 0 aromatic heterocycles. The number of ether oxygens (including phenoxy) is 3. The number of rotatable bonds is 6. The zero-order valence-corrected chi connectivity index (χ0v) is 19.8. The molecule has 5 nitrogen and oxygen atoms in total. The monoisotopic (exact) mass is 462 g/mol. The summed E-state index contributed by atoms with van der Waals surface area (Å²) < 4.78 is 17.4. The number of halogens is 1. The zero-order chi connectivity index (χ0) is 22.9. The molecule has 2 aromatic carbocycles. The van der Waals surface area contributed by atoms with Crippen molar-refractivity contribution in [2.45, 2.75) is 70.4 Å². The van der Waals surface area contributed by atoms with Gasteiger partial charge in [0.25, 0.3) is 0 Å². The predicted molar refractivity (Wildman–Crippen MR) is 126 cm³/mol. The minimum absolute atomic E-state index is 0.0870. The van der Waals surface area contributed by atoms with Gasteiger partial charge in [-0.2, -0.15) is 0 Å². The van der Waals surface area contributed by atoms with E-state index in [1.807, 2.05) is 44.2 Å². The third-order valence-corrected chi connectivity index (χ3v) is 6.18. The predicted octanol–water partition coefficient (Wildman–Crippen LogP) is 5.09. The SMILES string of the molecule is CC.OCC1CC(O)CC(c2ccc(Cl)c(Cc3ccc(OC4CCOCC4)cc3)c2)O1. The van der Waals surface area contributed by atoms with E-state index in [0.717, 1.165) is 48.5 Å². The van der Waals surface area contributed by atoms with Gasteiger partial charge in [0.15, 0.2) is 0 Å². The molecule has 2 fully saturated rings. The van der Waals surface area contributed by atoms with Crippen LogP contribution in [0.25, 0.3) is 0 Å². The van der Waals surface area contributed by atoms with E-state index in [1.54, 1.807) is 0 Å². The average Bonchev–Trinajstić information content (AvgIpc) is 2.83. The van der Waals surface area contributed by atoms with Crippen LogP contribution in [0.2, 0.25) is 5.02 Å². The van der Waals surface area contributed by atoms with Crippen molar-refractivity contribution >= 4 is 11.6 Å². The zero-order valence-electron chi connectivity index (χ0n) is 19.0. The van der Waals surface area contributed by atoms with Crippen LogP contribution in [-0.2, 0) is 15.9 Å². The van der Waals surface area contributed by atoms with Crippen LogP contribution in [0.1, 0.15) is 62.3 Å². The molecule has 3 unspecified atom stereocenters. The summed E-state index contributed by atoms with van der Waals surface area (Å²) in [5.74, 6) is 0.880. The van der Waals surface area contributed by atoms with E-state index < -0.39 is 6.10 Å². The normalized spacial score (nSPS) is 23.8. The second-order valence-electron chi connectivity index (χ2n) is 8.16. The number of benzene rings is 2. The van der Waals surface area contributed by atoms with Gasteiger partial charge in [-0.1, -0.05) is 49.7 Å². The Balaban J connectivity index is 0.00000141. The fraction of sp³-hybridized carbons (Fsp3) is 0.538. The van der Waals surface area contributed by atoms with Crippen LogP contribution in [0, 0.1) is 0 Å². The Morgan fingerprint density at radius 3 is 2.44 bits per heavy atom. The van der Waals surface area contributed by atoms with Gasteiger partial charge in [-0.25, -0.2) is 0 Å². The lowest BCUT2D eigenvalue weighted by Gasteiger charge is -2.32. The molecule has 3 atom stereocenters. The van der Waals surface area contributed by atoms with Crippen molar-refractivity contribution in [1.29, 1.82) is 0 Å². The third-order valence-electron chi connectivity index (χ3n) is 5.81. The van der Waals surface area contributed by atoms with Crippen LogP contribution in [0.15, 0.2) is 42.5 Å². The van der Waals surface area contributed by atoms with E-state index in [-0.39, 0.29) is 24.9 Å². The molecule has 32 heavy (non-hydrogen) atoms. The molecule has 2 aromatic rings. The first-order valence-corrected chi connectivity index (χ1v) is 12.0. The Bertz CT molecular complexity index is 819. The maximum Gasteiger partial charge on any atom is 0.119 e. The summed E-state index contributed by atoms with van der Waals surface area (Å²) >= 11 is 6.46. The third kappa shape index (κ3) is 6.93. The number of aliphatic hydroxyl groups excluding tert-OH is 2. The lowest BCUT2D eigenvalue weighted by Crippen LogP contribution is -2.33. The Morgan fingerprint density at radius 1 is 1.03 bits per heavy atom. The standard InChI is InChI=1S/C24H29ClO5.C2H6/c25-23-6-3-17(24-14-19(27)13-22(15-26)30-24)12-18(23)11-16-1-4-20(5-2-16)29-21-7-9-28-10-8-21;1-2/h1-6,12,19,21-22,24,26-27H,7-11,13-15H2;1-2H3. The van der Waals surface area contributed by atoms with E-state index in [0.29, 0.717) is 24.3 Å². The van der Waals surface area contributed by atoms with Crippen molar-refractivity contribution < 1.29 is 24.4 Å². The highest BCUT2D eigenvalue weighted by atomic mass is 35.5. The van der Waals surface area contributed by atoms with Crippen LogP contribution in [-0.4, -0.2) is 48.3 Å². The molecule has 0 amide bonds. The average molecular weight is 463 g/mol. The van der Waals surface area contributed by atoms with E-state index in [2.05, 4.69) is 12.1 Å². The molecule has 0 spiro atoms. The van der Waals surface area contributed by atoms with Crippen molar-refractivity contribution in [2.24, 2.45) is 0 Å². The van der Waals surface area contributed by atoms with Crippen LogP contribution in [0.5, 0.6) is 5.75 Å². The lowest BCUT2D eigenvalue weighted by atomic mass is 9.94. The highest BCUT2D eigenvalue weighted by Gasteiger charge is 2.29. The first-order chi connectivity index (χ1) is 15.6. The van der Waals surface area contributed by atoms with Crippen LogP contribution in [0.4, 0.5) is 0 Å². The molecule has 6 heteroatoms. The maximum atomic E-state index is 10.1. The van der Waals surface area contributed by atoms with Gasteiger partial charge >= 0.3 is 0 Å². The van der Waals surface area contributed by atoms with Gasteiger partial charge in [-0.15, -0.1) is 0 Å². The summed E-state index contributed by atoms with van der Waals surface area (Å²) in [6.07, 6.45) is 2.73. The summed E-state index contributed by atoms with van der Waals surface area (Å²) in [7, 11) is 0. The molecule has 4 rings (SSSR count). The van der Waals surface area contributed by atoms with E-state index in [1.165, 1.54) is 0 Å². The summed E-state index contributed by atoms with van der Waals surface area (Å²) in [6, 6.07) is 14.0. The topological polar surface area (TPSA) is 68.2 Å². The molecular weight excluding hydrogens is 428 g/mol. The minimum Gasteiger partial charge on any atom is -0.490 e. The van der Waals surface area contributed by atoms with E-state index in [4.69, 9.17) is 25.8 Å². The highest BCUT2D eigenvalue weighted by Crippen LogP contribution is 2.34. The van der Waals surface area contributed by atoms with Gasteiger partial charge in [0.05, 0.1) is 38.1 Å². The van der Waals surface area contributed by atoms with Crippen molar-refractivity contribution in [1.82, 2.24) is 0 Å². The van der Waals surface area contributed by atoms with Crippen LogP contribution >= 0.6 is 11.6 Å². The quantitative estimate of drug-likeness (QED) is 0.626. The Labute approximate surface area is 196 Å². The van der Waals surface area contributed by atoms with Crippen LogP contribution < -0.4 is 4.74 Å². The molecule has 0 aliphatic carbocycles. The Hall–Kier alpha value is -1.63. The lowest BCUT2D eigenvalue weighted by molar-refractivity contribution is -0.113. The molecule has 2 N–H and O–H groups in total. The maximum absolute atomic E-state index is 10.1. The summed E-state index contributed by atoms with van der Waals surface area (Å²) in [5, 5.41) is 20.2. The van der Waals surface area contributed by atoms with Gasteiger partial charge in [-0.05, 0) is 41.3 Å². The summed E-state index contributed by atoms with van der Waals surface area (Å²) in [6.45, 7) is 5.44. The summed E-state index contributed by atoms with van der Waals surface area (Å²) in [5.41, 5.74) is 3.13. The largest absolute Gasteiger partial charge is 0.490 e.